The van der Waals surface area contributed by atoms with Crippen LogP contribution in [0.3, 0.4) is 0 Å². The summed E-state index contributed by atoms with van der Waals surface area (Å²) in [6, 6.07) is 13.5. The SMILES string of the molecule is C=CCOc1ccccc1[C@@H]1Nc2ccc(C(=O)O)cc2[C@H]2C=CC[C@H]21. The molecule has 1 aliphatic carbocycles. The number of aromatic carboxylic acids is 1. The third kappa shape index (κ3) is 2.77. The fourth-order valence-electron chi connectivity index (χ4n) is 4.05. The topological polar surface area (TPSA) is 58.6 Å². The molecular formula is C22H21NO3. The zero-order valence-corrected chi connectivity index (χ0v) is 14.4. The fourth-order valence-corrected chi connectivity index (χ4v) is 4.05. The number of allylic oxidation sites excluding steroid dienone is 2. The molecular weight excluding hydrogens is 326 g/mol. The lowest BCUT2D eigenvalue weighted by Gasteiger charge is -2.38. The predicted octanol–water partition coefficient (Wildman–Crippen LogP) is 4.78. The third-order valence-corrected chi connectivity index (χ3v) is 5.22. The first kappa shape index (κ1) is 16.5. The minimum atomic E-state index is -0.892. The van der Waals surface area contributed by atoms with Crippen LogP contribution in [-0.4, -0.2) is 17.7 Å². The number of carboxylic acids is 1. The Morgan fingerprint density at radius 2 is 2.12 bits per heavy atom. The Morgan fingerprint density at radius 3 is 2.92 bits per heavy atom. The van der Waals surface area contributed by atoms with Crippen molar-refractivity contribution in [3.05, 3.63) is 84.0 Å². The molecule has 26 heavy (non-hydrogen) atoms. The molecule has 0 fully saturated rings. The van der Waals surface area contributed by atoms with Crippen LogP contribution in [0.1, 0.15) is 39.9 Å². The van der Waals surface area contributed by atoms with Gasteiger partial charge in [-0.1, -0.05) is 43.0 Å². The molecule has 0 saturated heterocycles. The molecule has 4 heteroatoms. The van der Waals surface area contributed by atoms with Crippen molar-refractivity contribution in [2.45, 2.75) is 18.4 Å². The van der Waals surface area contributed by atoms with Crippen LogP contribution in [0, 0.1) is 5.92 Å². The van der Waals surface area contributed by atoms with Crippen LogP contribution in [0.15, 0.2) is 67.3 Å². The van der Waals surface area contributed by atoms with Crippen molar-refractivity contribution in [2.75, 3.05) is 11.9 Å². The Hall–Kier alpha value is -3.01. The van der Waals surface area contributed by atoms with Gasteiger partial charge in [0.05, 0.1) is 11.6 Å². The summed E-state index contributed by atoms with van der Waals surface area (Å²) in [5.41, 5.74) is 3.51. The number of ether oxygens (including phenoxy) is 1. The van der Waals surface area contributed by atoms with Crippen molar-refractivity contribution in [1.29, 1.82) is 0 Å². The number of carbonyl (C=O) groups is 1. The first-order valence-electron chi connectivity index (χ1n) is 8.82. The maximum absolute atomic E-state index is 11.3. The molecule has 4 nitrogen and oxygen atoms in total. The van der Waals surface area contributed by atoms with Crippen LogP contribution in [-0.2, 0) is 0 Å². The highest BCUT2D eigenvalue weighted by molar-refractivity contribution is 5.89. The average Bonchev–Trinajstić information content (AvgIpc) is 3.15. The standard InChI is InChI=1S/C22H21NO3/c1-2-12-26-20-9-4-3-6-17(20)21-16-8-5-7-15(16)18-13-14(22(24)25)10-11-19(18)23-21/h2-7,9-11,13,15-16,21,23H,1,8,12H2,(H,24,25)/t15-,16+,21+/m0/s1. The van der Waals surface area contributed by atoms with Crippen molar-refractivity contribution >= 4 is 11.7 Å². The molecule has 1 aliphatic heterocycles. The first-order valence-corrected chi connectivity index (χ1v) is 8.82. The van der Waals surface area contributed by atoms with E-state index < -0.39 is 5.97 Å². The highest BCUT2D eigenvalue weighted by Gasteiger charge is 2.39. The number of anilines is 1. The van der Waals surface area contributed by atoms with Crippen molar-refractivity contribution in [1.82, 2.24) is 0 Å². The number of fused-ring (bicyclic) bond motifs is 3. The Balaban J connectivity index is 1.75. The van der Waals surface area contributed by atoms with E-state index >= 15 is 0 Å². The van der Waals surface area contributed by atoms with Crippen LogP contribution in [0.2, 0.25) is 0 Å². The molecule has 0 bridgehead atoms. The minimum absolute atomic E-state index is 0.110. The van der Waals surface area contributed by atoms with Gasteiger partial charge in [0.2, 0.25) is 0 Å². The Kier molecular flexibility index (Phi) is 4.25. The average molecular weight is 347 g/mol. The summed E-state index contributed by atoms with van der Waals surface area (Å²) in [5, 5.41) is 12.9. The van der Waals surface area contributed by atoms with Gasteiger partial charge >= 0.3 is 5.97 Å². The van der Waals surface area contributed by atoms with Crippen LogP contribution >= 0.6 is 0 Å². The van der Waals surface area contributed by atoms with Gasteiger partial charge in [0, 0.05) is 17.2 Å². The number of para-hydroxylation sites is 1. The molecule has 1 heterocycles. The summed E-state index contributed by atoms with van der Waals surface area (Å²) in [6.45, 7) is 4.19. The molecule has 2 aliphatic rings. The highest BCUT2D eigenvalue weighted by Crippen LogP contribution is 2.51. The van der Waals surface area contributed by atoms with E-state index in [0.29, 0.717) is 18.1 Å². The zero-order chi connectivity index (χ0) is 18.1. The van der Waals surface area contributed by atoms with Crippen LogP contribution in [0.25, 0.3) is 0 Å². The molecule has 2 aromatic carbocycles. The fraction of sp³-hybridized carbons (Fsp3) is 0.227. The molecule has 2 N–H and O–H groups in total. The van der Waals surface area contributed by atoms with Crippen molar-refractivity contribution < 1.29 is 14.6 Å². The van der Waals surface area contributed by atoms with Crippen molar-refractivity contribution in [3.63, 3.8) is 0 Å². The monoisotopic (exact) mass is 347 g/mol. The second kappa shape index (κ2) is 6.71. The van der Waals surface area contributed by atoms with Crippen molar-refractivity contribution in [2.24, 2.45) is 5.92 Å². The van der Waals surface area contributed by atoms with Crippen LogP contribution in [0.5, 0.6) is 5.75 Å². The molecule has 4 rings (SSSR count). The Morgan fingerprint density at radius 1 is 1.27 bits per heavy atom. The van der Waals surface area contributed by atoms with Crippen LogP contribution < -0.4 is 10.1 Å². The van der Waals surface area contributed by atoms with Gasteiger partial charge in [-0.15, -0.1) is 0 Å². The highest BCUT2D eigenvalue weighted by atomic mass is 16.5. The van der Waals surface area contributed by atoms with Gasteiger partial charge in [-0.25, -0.2) is 4.79 Å². The number of carboxylic acid groups (broad SMARTS) is 1. The van der Waals surface area contributed by atoms with Gasteiger partial charge in [-0.3, -0.25) is 0 Å². The van der Waals surface area contributed by atoms with Crippen molar-refractivity contribution in [3.8, 4) is 5.75 Å². The normalized spacial score (nSPS) is 22.8. The lowest BCUT2D eigenvalue weighted by Crippen LogP contribution is -2.29. The Labute approximate surface area is 152 Å². The molecule has 0 aromatic heterocycles. The lowest BCUT2D eigenvalue weighted by molar-refractivity contribution is 0.0696. The summed E-state index contributed by atoms with van der Waals surface area (Å²) in [7, 11) is 0. The largest absolute Gasteiger partial charge is 0.489 e. The second-order valence-electron chi connectivity index (χ2n) is 6.72. The smallest absolute Gasteiger partial charge is 0.335 e. The molecule has 0 radical (unpaired) electrons. The lowest BCUT2D eigenvalue weighted by atomic mass is 9.76. The molecule has 0 unspecified atom stereocenters. The van der Waals surface area contributed by atoms with Gasteiger partial charge in [0.25, 0.3) is 0 Å². The molecule has 2 aromatic rings. The van der Waals surface area contributed by atoms with E-state index in [0.717, 1.165) is 29.0 Å². The number of rotatable bonds is 5. The van der Waals surface area contributed by atoms with E-state index in [1.165, 1.54) is 0 Å². The third-order valence-electron chi connectivity index (χ3n) is 5.22. The molecule has 0 saturated carbocycles. The van der Waals surface area contributed by atoms with Gasteiger partial charge in [-0.05, 0) is 42.2 Å². The first-order chi connectivity index (χ1) is 12.7. The predicted molar refractivity (Wildman–Crippen MR) is 102 cm³/mol. The maximum atomic E-state index is 11.3. The van der Waals surface area contributed by atoms with E-state index in [1.54, 1.807) is 18.2 Å². The summed E-state index contributed by atoms with van der Waals surface area (Å²) >= 11 is 0. The summed E-state index contributed by atoms with van der Waals surface area (Å²) in [6.07, 6.45) is 7.10. The summed E-state index contributed by atoms with van der Waals surface area (Å²) < 4.78 is 5.87. The number of benzene rings is 2. The number of hydrogen-bond acceptors (Lipinski definition) is 3. The van der Waals surface area contributed by atoms with E-state index in [2.05, 4.69) is 30.1 Å². The van der Waals surface area contributed by atoms with E-state index in [4.69, 9.17) is 4.74 Å². The molecule has 0 spiro atoms. The van der Waals surface area contributed by atoms with E-state index in [9.17, 15) is 9.90 Å². The zero-order valence-electron chi connectivity index (χ0n) is 14.4. The molecule has 132 valence electrons. The summed E-state index contributed by atoms with van der Waals surface area (Å²) in [4.78, 5) is 11.3. The van der Waals surface area contributed by atoms with Crippen LogP contribution in [0.4, 0.5) is 5.69 Å². The second-order valence-corrected chi connectivity index (χ2v) is 6.72. The van der Waals surface area contributed by atoms with Gasteiger partial charge in [-0.2, -0.15) is 0 Å². The minimum Gasteiger partial charge on any atom is -0.489 e. The maximum Gasteiger partial charge on any atom is 0.335 e. The molecule has 3 atom stereocenters. The molecule has 0 amide bonds. The van der Waals surface area contributed by atoms with Gasteiger partial charge < -0.3 is 15.2 Å². The van der Waals surface area contributed by atoms with E-state index in [-0.39, 0.29) is 12.0 Å². The van der Waals surface area contributed by atoms with Gasteiger partial charge in [0.1, 0.15) is 12.4 Å². The number of nitrogens with one attached hydrogen (secondary N) is 1. The quantitative estimate of drug-likeness (QED) is 0.765. The van der Waals surface area contributed by atoms with E-state index in [1.807, 2.05) is 24.3 Å². The Bertz CT molecular complexity index is 887. The number of hydrogen-bond donors (Lipinski definition) is 2. The summed E-state index contributed by atoms with van der Waals surface area (Å²) in [5.74, 6) is 0.515. The van der Waals surface area contributed by atoms with Gasteiger partial charge in [0.15, 0.2) is 0 Å².